The predicted octanol–water partition coefficient (Wildman–Crippen LogP) is 0.721. The first kappa shape index (κ1) is 15.7. The van der Waals surface area contributed by atoms with E-state index in [0.29, 0.717) is 25.9 Å². The van der Waals surface area contributed by atoms with E-state index in [4.69, 9.17) is 0 Å². The van der Waals surface area contributed by atoms with Crippen molar-refractivity contribution in [3.63, 3.8) is 0 Å². The van der Waals surface area contributed by atoms with Gasteiger partial charge in [0.2, 0.25) is 10.0 Å². The first-order chi connectivity index (χ1) is 9.73. The van der Waals surface area contributed by atoms with Crippen molar-refractivity contribution in [1.82, 2.24) is 10.0 Å². The Labute approximate surface area is 122 Å². The van der Waals surface area contributed by atoms with Crippen molar-refractivity contribution >= 4 is 15.7 Å². The third-order valence-corrected chi connectivity index (χ3v) is 5.18. The Bertz CT molecular complexity index is 653. The van der Waals surface area contributed by atoms with Crippen molar-refractivity contribution in [3.05, 3.63) is 28.3 Å². The van der Waals surface area contributed by atoms with E-state index in [0.717, 1.165) is 18.2 Å². The molecule has 9 heteroatoms. The van der Waals surface area contributed by atoms with Crippen molar-refractivity contribution in [2.24, 2.45) is 0 Å². The van der Waals surface area contributed by atoms with Gasteiger partial charge < -0.3 is 10.4 Å². The van der Waals surface area contributed by atoms with Gasteiger partial charge in [-0.25, -0.2) is 13.1 Å². The topological polar surface area (TPSA) is 122 Å². The Balaban J connectivity index is 2.31. The van der Waals surface area contributed by atoms with Crippen LogP contribution < -0.4 is 10.0 Å². The number of nitro benzene ring substituents is 1. The Kier molecular flexibility index (Phi) is 4.17. The van der Waals surface area contributed by atoms with E-state index >= 15 is 0 Å². The minimum atomic E-state index is -3.88. The number of hydrogen-bond acceptors (Lipinski definition) is 6. The van der Waals surface area contributed by atoms with Gasteiger partial charge in [-0.15, -0.1) is 0 Å². The normalized spacial score (nSPS) is 18.3. The molecule has 3 N–H and O–H groups in total. The first-order valence-electron chi connectivity index (χ1n) is 6.46. The molecule has 21 heavy (non-hydrogen) atoms. The number of nitrogens with zero attached hydrogens (tertiary/aromatic N) is 1. The second-order valence-electron chi connectivity index (χ2n) is 5.32. The van der Waals surface area contributed by atoms with Crippen molar-refractivity contribution < 1.29 is 18.4 Å². The molecule has 0 bridgehead atoms. The highest BCUT2D eigenvalue weighted by atomic mass is 32.2. The quantitative estimate of drug-likeness (QED) is 0.556. The van der Waals surface area contributed by atoms with Crippen molar-refractivity contribution in [2.45, 2.75) is 30.2 Å². The van der Waals surface area contributed by atoms with Gasteiger partial charge in [-0.2, -0.15) is 0 Å². The number of nitrogens with one attached hydrogen (secondary N) is 2. The lowest BCUT2D eigenvalue weighted by Gasteiger charge is -2.34. The summed E-state index contributed by atoms with van der Waals surface area (Å²) in [5.41, 5.74) is -1.22. The molecule has 0 atom stereocenters. The molecule has 0 radical (unpaired) electrons. The van der Waals surface area contributed by atoms with E-state index < -0.39 is 31.9 Å². The molecule has 1 fully saturated rings. The average Bonchev–Trinajstić information content (AvgIpc) is 2.38. The molecular weight excluding hydrogens is 298 g/mol. The lowest BCUT2D eigenvalue weighted by atomic mass is 9.92. The largest absolute Gasteiger partial charge is 0.502 e. The third kappa shape index (κ3) is 3.49. The zero-order valence-corrected chi connectivity index (χ0v) is 12.3. The molecule has 8 nitrogen and oxygen atoms in total. The molecule has 1 aliphatic heterocycles. The van der Waals surface area contributed by atoms with Crippen molar-refractivity contribution in [3.8, 4) is 5.75 Å². The number of rotatable bonds is 4. The second kappa shape index (κ2) is 5.58. The van der Waals surface area contributed by atoms with Gasteiger partial charge in [0, 0.05) is 11.6 Å². The number of aromatic hydroxyl groups is 1. The van der Waals surface area contributed by atoms with Crippen LogP contribution in [0.2, 0.25) is 0 Å². The van der Waals surface area contributed by atoms with Crippen LogP contribution in [-0.4, -0.2) is 37.1 Å². The number of benzene rings is 1. The molecule has 0 aliphatic carbocycles. The molecular formula is C12H17N3O5S. The summed E-state index contributed by atoms with van der Waals surface area (Å²) in [6.45, 7) is 3.21. The number of phenolic OH excluding ortho intramolecular Hbond substituents is 1. The molecule has 1 aromatic carbocycles. The van der Waals surface area contributed by atoms with Gasteiger partial charge >= 0.3 is 5.69 Å². The summed E-state index contributed by atoms with van der Waals surface area (Å²) in [6.07, 6.45) is 1.26. The molecule has 0 amide bonds. The zero-order chi connectivity index (χ0) is 15.7. The number of phenols is 1. The first-order valence-corrected chi connectivity index (χ1v) is 7.94. The van der Waals surface area contributed by atoms with Crippen LogP contribution >= 0.6 is 0 Å². The maximum Gasteiger partial charge on any atom is 0.312 e. The highest BCUT2D eigenvalue weighted by Gasteiger charge is 2.32. The molecule has 1 aromatic rings. The second-order valence-corrected chi connectivity index (χ2v) is 7.01. The molecule has 1 heterocycles. The molecule has 1 saturated heterocycles. The lowest BCUT2D eigenvalue weighted by molar-refractivity contribution is -0.386. The Morgan fingerprint density at radius 2 is 2.00 bits per heavy atom. The van der Waals surface area contributed by atoms with Gasteiger partial charge in [-0.3, -0.25) is 10.1 Å². The summed E-state index contributed by atoms with van der Waals surface area (Å²) < 4.78 is 27.3. The van der Waals surface area contributed by atoms with Crippen LogP contribution in [0.1, 0.15) is 19.8 Å². The molecule has 1 aliphatic rings. The van der Waals surface area contributed by atoms with Crippen LogP contribution in [-0.2, 0) is 10.0 Å². The van der Waals surface area contributed by atoms with E-state index in [1.54, 1.807) is 6.92 Å². The van der Waals surface area contributed by atoms with Gasteiger partial charge in [0.25, 0.3) is 0 Å². The van der Waals surface area contributed by atoms with E-state index in [2.05, 4.69) is 10.0 Å². The predicted molar refractivity (Wildman–Crippen MR) is 75.6 cm³/mol. The molecule has 2 rings (SSSR count). The average molecular weight is 315 g/mol. The molecule has 0 unspecified atom stereocenters. The van der Waals surface area contributed by atoms with Crippen LogP contribution in [0.5, 0.6) is 5.75 Å². The number of hydrogen-bond donors (Lipinski definition) is 3. The Morgan fingerprint density at radius 3 is 2.57 bits per heavy atom. The standard InChI is InChI=1S/C12H17N3O5S/c1-12(4-6-13-7-5-12)14-21(19,20)9-2-3-11(16)10(8-9)15(17)18/h2-3,8,13-14,16H,4-7H2,1H3. The number of sulfonamides is 1. The summed E-state index contributed by atoms with van der Waals surface area (Å²) in [4.78, 5) is 9.73. The number of piperidine rings is 1. The summed E-state index contributed by atoms with van der Waals surface area (Å²) in [5.74, 6) is -0.563. The third-order valence-electron chi connectivity index (χ3n) is 3.54. The fourth-order valence-electron chi connectivity index (χ4n) is 2.28. The van der Waals surface area contributed by atoms with Gasteiger partial charge in [0.05, 0.1) is 9.82 Å². The van der Waals surface area contributed by atoms with Crippen LogP contribution in [0.25, 0.3) is 0 Å². The Morgan fingerprint density at radius 1 is 1.38 bits per heavy atom. The van der Waals surface area contributed by atoms with Crippen molar-refractivity contribution in [2.75, 3.05) is 13.1 Å². The minimum Gasteiger partial charge on any atom is -0.502 e. The minimum absolute atomic E-state index is 0.230. The lowest BCUT2D eigenvalue weighted by Crippen LogP contribution is -2.52. The van der Waals surface area contributed by atoms with Crippen LogP contribution in [0.3, 0.4) is 0 Å². The maximum absolute atomic E-state index is 12.4. The highest BCUT2D eigenvalue weighted by molar-refractivity contribution is 7.89. The molecule has 0 spiro atoms. The van der Waals surface area contributed by atoms with E-state index in [1.165, 1.54) is 0 Å². The Hall–Kier alpha value is -1.71. The fraction of sp³-hybridized carbons (Fsp3) is 0.500. The number of nitro groups is 1. The van der Waals surface area contributed by atoms with Gasteiger partial charge in [-0.05, 0) is 45.0 Å². The molecule has 116 valence electrons. The monoisotopic (exact) mass is 315 g/mol. The van der Waals surface area contributed by atoms with E-state index in [9.17, 15) is 23.6 Å². The summed E-state index contributed by atoms with van der Waals surface area (Å²) >= 11 is 0. The fourth-order valence-corrected chi connectivity index (χ4v) is 3.77. The van der Waals surface area contributed by atoms with Crippen molar-refractivity contribution in [1.29, 1.82) is 0 Å². The molecule has 0 saturated carbocycles. The van der Waals surface area contributed by atoms with Gasteiger partial charge in [-0.1, -0.05) is 0 Å². The summed E-state index contributed by atoms with van der Waals surface area (Å²) in [5, 5.41) is 23.3. The van der Waals surface area contributed by atoms with Crippen LogP contribution in [0, 0.1) is 10.1 Å². The van der Waals surface area contributed by atoms with Crippen LogP contribution in [0.4, 0.5) is 5.69 Å². The molecule has 0 aromatic heterocycles. The van der Waals surface area contributed by atoms with Gasteiger partial charge in [0.1, 0.15) is 0 Å². The van der Waals surface area contributed by atoms with E-state index in [1.807, 2.05) is 0 Å². The smallest absolute Gasteiger partial charge is 0.312 e. The van der Waals surface area contributed by atoms with Crippen LogP contribution in [0.15, 0.2) is 23.1 Å². The zero-order valence-electron chi connectivity index (χ0n) is 11.5. The maximum atomic E-state index is 12.4. The summed E-state index contributed by atoms with van der Waals surface area (Å²) in [6, 6.07) is 3.02. The van der Waals surface area contributed by atoms with Gasteiger partial charge in [0.15, 0.2) is 5.75 Å². The SMILES string of the molecule is CC1(NS(=O)(=O)c2ccc(O)c([N+](=O)[O-])c2)CCNCC1. The summed E-state index contributed by atoms with van der Waals surface area (Å²) in [7, 11) is -3.88. The highest BCUT2D eigenvalue weighted by Crippen LogP contribution is 2.29. The van der Waals surface area contributed by atoms with E-state index in [-0.39, 0.29) is 4.90 Å².